The van der Waals surface area contributed by atoms with Crippen LogP contribution in [0.3, 0.4) is 0 Å². The molecule has 0 aliphatic heterocycles. The molecule has 0 radical (unpaired) electrons. The molecule has 0 unspecified atom stereocenters. The summed E-state index contributed by atoms with van der Waals surface area (Å²) in [6, 6.07) is 8.25. The number of benzene rings is 1. The molecule has 0 aliphatic rings. The van der Waals surface area contributed by atoms with Crippen molar-refractivity contribution in [1.29, 1.82) is 0 Å². The van der Waals surface area contributed by atoms with Crippen LogP contribution < -0.4 is 15.8 Å². The van der Waals surface area contributed by atoms with E-state index in [1.807, 2.05) is 0 Å². The quantitative estimate of drug-likeness (QED) is 0.247. The first kappa shape index (κ1) is 21.1. The number of guanidine groups is 1. The van der Waals surface area contributed by atoms with Gasteiger partial charge in [-0.3, -0.25) is 4.99 Å². The summed E-state index contributed by atoms with van der Waals surface area (Å²) in [5, 5.41) is 2.88. The van der Waals surface area contributed by atoms with Crippen LogP contribution in [0.2, 0.25) is 0 Å². The first-order valence-corrected chi connectivity index (χ1v) is 8.48. The van der Waals surface area contributed by atoms with Gasteiger partial charge >= 0.3 is 0 Å². The van der Waals surface area contributed by atoms with Gasteiger partial charge in [0, 0.05) is 19.6 Å². The first-order valence-electron chi connectivity index (χ1n) is 7.00. The molecule has 6 nitrogen and oxygen atoms in total. The molecule has 0 fully saturated rings. The van der Waals surface area contributed by atoms with Gasteiger partial charge in [0.05, 0.1) is 4.90 Å². The normalized spacial score (nSPS) is 12.0. The van der Waals surface area contributed by atoms with Crippen molar-refractivity contribution in [2.75, 3.05) is 19.6 Å². The summed E-state index contributed by atoms with van der Waals surface area (Å²) >= 11 is 0. The average Bonchev–Trinajstić information content (AvgIpc) is 2.44. The largest absolute Gasteiger partial charge is 0.370 e. The van der Waals surface area contributed by atoms with E-state index in [0.29, 0.717) is 25.0 Å². The van der Waals surface area contributed by atoms with Gasteiger partial charge in [0.1, 0.15) is 0 Å². The molecule has 1 aromatic rings. The highest BCUT2D eigenvalue weighted by Crippen LogP contribution is 2.06. The molecule has 4 N–H and O–H groups in total. The summed E-state index contributed by atoms with van der Waals surface area (Å²) in [5.74, 6) is 0.925. The summed E-state index contributed by atoms with van der Waals surface area (Å²) in [6.07, 6.45) is 0.975. The molecule has 0 atom stereocenters. The third kappa shape index (κ3) is 8.54. The second-order valence-corrected chi connectivity index (χ2v) is 6.85. The molecule has 0 bridgehead atoms. The Bertz CT molecular complexity index is 547. The molecule has 0 saturated heterocycles. The van der Waals surface area contributed by atoms with Crippen LogP contribution in [0.25, 0.3) is 0 Å². The Morgan fingerprint density at radius 2 is 1.86 bits per heavy atom. The molecular weight excluding hydrogens is 415 g/mol. The molecule has 8 heteroatoms. The number of hydrogen-bond donors (Lipinski definition) is 3. The van der Waals surface area contributed by atoms with E-state index < -0.39 is 10.0 Å². The molecule has 22 heavy (non-hydrogen) atoms. The number of nitrogens with two attached hydrogens (primary N) is 1. The third-order valence-corrected chi connectivity index (χ3v) is 4.24. The van der Waals surface area contributed by atoms with Crippen LogP contribution in [0.1, 0.15) is 20.3 Å². The van der Waals surface area contributed by atoms with Crippen molar-refractivity contribution in [2.24, 2.45) is 16.6 Å². The van der Waals surface area contributed by atoms with Crippen LogP contribution in [0.5, 0.6) is 0 Å². The van der Waals surface area contributed by atoms with Crippen molar-refractivity contribution in [2.45, 2.75) is 25.2 Å². The highest BCUT2D eigenvalue weighted by Gasteiger charge is 2.11. The van der Waals surface area contributed by atoms with Gasteiger partial charge in [0.15, 0.2) is 5.96 Å². The summed E-state index contributed by atoms with van der Waals surface area (Å²) in [5.41, 5.74) is 5.68. The van der Waals surface area contributed by atoms with E-state index in [-0.39, 0.29) is 35.4 Å². The van der Waals surface area contributed by atoms with Crippen LogP contribution in [-0.2, 0) is 10.0 Å². The maximum absolute atomic E-state index is 11.9. The smallest absolute Gasteiger partial charge is 0.240 e. The zero-order chi connectivity index (χ0) is 15.7. The third-order valence-electron chi connectivity index (χ3n) is 2.77. The summed E-state index contributed by atoms with van der Waals surface area (Å²) in [7, 11) is -3.46. The number of rotatable bonds is 8. The Kier molecular flexibility index (Phi) is 10.4. The standard InChI is InChI=1S/C14H24N4O2S.HI/c1-12(2)8-9-16-14(15)17-10-11-18-21(19,20)13-6-4-3-5-7-13;/h3-7,12,18H,8-11H2,1-2H3,(H3,15,16,17);1H. The first-order chi connectivity index (χ1) is 9.92. The Morgan fingerprint density at radius 1 is 1.23 bits per heavy atom. The average molecular weight is 440 g/mol. The summed E-state index contributed by atoms with van der Waals surface area (Å²) in [4.78, 5) is 4.42. The van der Waals surface area contributed by atoms with Crippen molar-refractivity contribution in [3.63, 3.8) is 0 Å². The van der Waals surface area contributed by atoms with Crippen LogP contribution in [0.4, 0.5) is 0 Å². The molecule has 0 heterocycles. The molecule has 126 valence electrons. The van der Waals surface area contributed by atoms with Gasteiger partial charge in [0.25, 0.3) is 0 Å². The number of hydrogen-bond acceptors (Lipinski definition) is 3. The van der Waals surface area contributed by atoms with Crippen LogP contribution in [0, 0.1) is 5.92 Å². The predicted octanol–water partition coefficient (Wildman–Crippen LogP) is 1.53. The number of aliphatic imine (C=N–C) groups is 1. The SMILES string of the molecule is CC(C)CCN=C(N)NCCNS(=O)(=O)c1ccccc1.I. The lowest BCUT2D eigenvalue weighted by Crippen LogP contribution is -2.38. The molecule has 0 spiro atoms. The zero-order valence-corrected chi connectivity index (χ0v) is 16.1. The molecule has 0 aliphatic carbocycles. The lowest BCUT2D eigenvalue weighted by molar-refractivity contribution is 0.580. The minimum atomic E-state index is -3.46. The predicted molar refractivity (Wildman–Crippen MR) is 101 cm³/mol. The van der Waals surface area contributed by atoms with Gasteiger partial charge in [0.2, 0.25) is 10.0 Å². The topological polar surface area (TPSA) is 96.6 Å². The highest BCUT2D eigenvalue weighted by atomic mass is 127. The second kappa shape index (κ2) is 10.8. The fourth-order valence-electron chi connectivity index (χ4n) is 1.56. The molecule has 0 amide bonds. The Labute approximate surface area is 150 Å². The number of sulfonamides is 1. The number of nitrogens with zero attached hydrogens (tertiary/aromatic N) is 1. The van der Waals surface area contributed by atoms with Gasteiger partial charge in [-0.2, -0.15) is 0 Å². The lowest BCUT2D eigenvalue weighted by atomic mass is 10.1. The monoisotopic (exact) mass is 440 g/mol. The van der Waals surface area contributed by atoms with Gasteiger partial charge in [-0.1, -0.05) is 32.0 Å². The molecule has 0 aromatic heterocycles. The van der Waals surface area contributed by atoms with Crippen molar-refractivity contribution < 1.29 is 8.42 Å². The van der Waals surface area contributed by atoms with E-state index in [9.17, 15) is 8.42 Å². The van der Waals surface area contributed by atoms with E-state index in [0.717, 1.165) is 6.42 Å². The summed E-state index contributed by atoms with van der Waals surface area (Å²) < 4.78 is 26.4. The van der Waals surface area contributed by atoms with E-state index >= 15 is 0 Å². The van der Waals surface area contributed by atoms with Crippen LogP contribution in [0.15, 0.2) is 40.2 Å². The van der Waals surface area contributed by atoms with Gasteiger partial charge in [-0.25, -0.2) is 13.1 Å². The fraction of sp³-hybridized carbons (Fsp3) is 0.500. The Morgan fingerprint density at radius 3 is 2.45 bits per heavy atom. The van der Waals surface area contributed by atoms with Crippen LogP contribution in [-0.4, -0.2) is 34.0 Å². The molecule has 1 aromatic carbocycles. The zero-order valence-electron chi connectivity index (χ0n) is 13.0. The summed E-state index contributed by atoms with van der Waals surface area (Å²) in [6.45, 7) is 5.56. The maximum Gasteiger partial charge on any atom is 0.240 e. The highest BCUT2D eigenvalue weighted by molar-refractivity contribution is 14.0. The Balaban J connectivity index is 0.00000441. The lowest BCUT2D eigenvalue weighted by Gasteiger charge is -2.08. The van der Waals surface area contributed by atoms with Gasteiger partial charge in [-0.05, 0) is 24.5 Å². The molecule has 1 rings (SSSR count). The van der Waals surface area contributed by atoms with Gasteiger partial charge in [-0.15, -0.1) is 24.0 Å². The molecular formula is C14H25IN4O2S. The number of nitrogens with one attached hydrogen (secondary N) is 2. The van der Waals surface area contributed by atoms with Gasteiger partial charge < -0.3 is 11.1 Å². The van der Waals surface area contributed by atoms with Crippen molar-refractivity contribution in [1.82, 2.24) is 10.0 Å². The van der Waals surface area contributed by atoms with Crippen molar-refractivity contribution >= 4 is 40.0 Å². The van der Waals surface area contributed by atoms with E-state index in [4.69, 9.17) is 5.73 Å². The molecule has 0 saturated carbocycles. The van der Waals surface area contributed by atoms with Crippen LogP contribution >= 0.6 is 24.0 Å². The van der Waals surface area contributed by atoms with E-state index in [2.05, 4.69) is 28.9 Å². The second-order valence-electron chi connectivity index (χ2n) is 5.09. The minimum absolute atomic E-state index is 0. The van der Waals surface area contributed by atoms with E-state index in [1.54, 1.807) is 30.3 Å². The van der Waals surface area contributed by atoms with Crippen molar-refractivity contribution in [3.05, 3.63) is 30.3 Å². The fourth-order valence-corrected chi connectivity index (χ4v) is 2.61. The minimum Gasteiger partial charge on any atom is -0.370 e. The maximum atomic E-state index is 11.9. The van der Waals surface area contributed by atoms with Crippen molar-refractivity contribution in [3.8, 4) is 0 Å². The van der Waals surface area contributed by atoms with E-state index in [1.165, 1.54) is 0 Å². The Hall–Kier alpha value is -0.870. The number of halogens is 1.